The second kappa shape index (κ2) is 8.36. The van der Waals surface area contributed by atoms with E-state index in [1.807, 2.05) is 55.5 Å². The van der Waals surface area contributed by atoms with Gasteiger partial charge in [0.05, 0.1) is 11.8 Å². The molecule has 2 aromatic rings. The van der Waals surface area contributed by atoms with Crippen LogP contribution in [0.15, 0.2) is 48.5 Å². The average Bonchev–Trinajstić information content (AvgIpc) is 3.41. The van der Waals surface area contributed by atoms with Gasteiger partial charge < -0.3 is 11.1 Å². The molecule has 176 valence electrons. The fourth-order valence-electron chi connectivity index (χ4n) is 5.90. The van der Waals surface area contributed by atoms with Crippen LogP contribution in [0.3, 0.4) is 0 Å². The number of aryl methyl sites for hydroxylation is 1. The number of imide groups is 1. The number of nitrogens with one attached hydrogen (secondary N) is 2. The molecule has 4 atom stereocenters. The number of rotatable bonds is 7. The summed E-state index contributed by atoms with van der Waals surface area (Å²) in [6, 6.07) is 14.8. The molecule has 0 bridgehead atoms. The zero-order chi connectivity index (χ0) is 24.0. The van der Waals surface area contributed by atoms with Gasteiger partial charge in [-0.1, -0.05) is 55.5 Å². The standard InChI is InChI=1S/C26H28N4O4/c1-2-16-9-6-10-17-22(16)28-25(34)26(17)21-20(18(29-26)11-12-19(27)31)23(32)30(24(21)33)14-13-15-7-4-3-5-8-15/h3-10,18,20-21,29H,2,11-14H2,1H3,(H2,27,31)(H,28,34)/t18-,20+,21-,26-/m0/s1. The molecule has 3 heterocycles. The Hall–Kier alpha value is -3.52. The zero-order valence-electron chi connectivity index (χ0n) is 19.0. The van der Waals surface area contributed by atoms with Gasteiger partial charge in [-0.3, -0.25) is 29.4 Å². The van der Waals surface area contributed by atoms with E-state index in [-0.39, 0.29) is 37.1 Å². The fraction of sp³-hybridized carbons (Fsp3) is 0.385. The summed E-state index contributed by atoms with van der Waals surface area (Å²) in [6.07, 6.45) is 1.59. The van der Waals surface area contributed by atoms with E-state index in [0.717, 1.165) is 17.5 Å². The van der Waals surface area contributed by atoms with Crippen molar-refractivity contribution in [3.05, 3.63) is 65.2 Å². The molecule has 34 heavy (non-hydrogen) atoms. The topological polar surface area (TPSA) is 122 Å². The van der Waals surface area contributed by atoms with Crippen molar-refractivity contribution < 1.29 is 19.2 Å². The normalized spacial score (nSPS) is 27.3. The maximum Gasteiger partial charge on any atom is 0.250 e. The number of benzene rings is 2. The molecule has 0 aliphatic carbocycles. The number of anilines is 1. The predicted molar refractivity (Wildman–Crippen MR) is 125 cm³/mol. The highest BCUT2D eigenvalue weighted by Gasteiger charge is 2.70. The molecule has 0 aromatic heterocycles. The summed E-state index contributed by atoms with van der Waals surface area (Å²) < 4.78 is 0. The minimum Gasteiger partial charge on any atom is -0.370 e. The van der Waals surface area contributed by atoms with Gasteiger partial charge in [-0.25, -0.2) is 0 Å². The maximum absolute atomic E-state index is 13.8. The summed E-state index contributed by atoms with van der Waals surface area (Å²) in [6.45, 7) is 2.25. The first-order valence-corrected chi connectivity index (χ1v) is 11.8. The fourth-order valence-corrected chi connectivity index (χ4v) is 5.90. The highest BCUT2D eigenvalue weighted by molar-refractivity contribution is 6.15. The van der Waals surface area contributed by atoms with Gasteiger partial charge in [0, 0.05) is 30.3 Å². The molecular formula is C26H28N4O4. The number of fused-ring (bicyclic) bond motifs is 4. The molecule has 1 spiro atoms. The van der Waals surface area contributed by atoms with E-state index >= 15 is 0 Å². The van der Waals surface area contributed by atoms with Gasteiger partial charge in [0.1, 0.15) is 5.54 Å². The summed E-state index contributed by atoms with van der Waals surface area (Å²) in [5.41, 5.74) is 7.44. The highest BCUT2D eigenvalue weighted by Crippen LogP contribution is 2.54. The lowest BCUT2D eigenvalue weighted by atomic mass is 9.76. The third-order valence-electron chi connectivity index (χ3n) is 7.48. The van der Waals surface area contributed by atoms with Crippen molar-refractivity contribution in [2.75, 3.05) is 11.9 Å². The summed E-state index contributed by atoms with van der Waals surface area (Å²) in [4.78, 5) is 53.7. The summed E-state index contributed by atoms with van der Waals surface area (Å²) in [5, 5.41) is 6.33. The SMILES string of the molecule is CCc1cccc2c1NC(=O)[C@]21N[C@@H](CCC(N)=O)[C@H]2C(=O)N(CCc3ccccc3)C(=O)[C@H]21. The summed E-state index contributed by atoms with van der Waals surface area (Å²) >= 11 is 0. The van der Waals surface area contributed by atoms with Gasteiger partial charge in [-0.2, -0.15) is 0 Å². The number of para-hydroxylation sites is 1. The average molecular weight is 461 g/mol. The van der Waals surface area contributed by atoms with Crippen molar-refractivity contribution in [2.24, 2.45) is 17.6 Å². The number of nitrogens with zero attached hydrogens (tertiary/aromatic N) is 1. The van der Waals surface area contributed by atoms with Gasteiger partial charge in [0.25, 0.3) is 0 Å². The smallest absolute Gasteiger partial charge is 0.250 e. The first-order valence-electron chi connectivity index (χ1n) is 11.8. The quantitative estimate of drug-likeness (QED) is 0.541. The van der Waals surface area contributed by atoms with Crippen LogP contribution < -0.4 is 16.4 Å². The molecule has 2 saturated heterocycles. The number of primary amides is 1. The Bertz CT molecular complexity index is 1180. The molecule has 3 aliphatic rings. The number of likely N-dealkylation sites (tertiary alicyclic amines) is 1. The van der Waals surface area contributed by atoms with Gasteiger partial charge >= 0.3 is 0 Å². The largest absolute Gasteiger partial charge is 0.370 e. The number of carbonyl (C=O) groups excluding carboxylic acids is 4. The van der Waals surface area contributed by atoms with E-state index in [9.17, 15) is 19.2 Å². The van der Waals surface area contributed by atoms with Crippen LogP contribution in [0.25, 0.3) is 0 Å². The minimum absolute atomic E-state index is 0.0614. The van der Waals surface area contributed by atoms with Gasteiger partial charge in [0.2, 0.25) is 23.6 Å². The Morgan fingerprint density at radius 1 is 1.06 bits per heavy atom. The number of hydrogen-bond donors (Lipinski definition) is 3. The third kappa shape index (κ3) is 3.24. The molecule has 0 unspecified atom stereocenters. The first kappa shape index (κ1) is 22.3. The lowest BCUT2D eigenvalue weighted by Crippen LogP contribution is -2.53. The van der Waals surface area contributed by atoms with Crippen molar-refractivity contribution in [2.45, 2.75) is 44.2 Å². The number of carbonyl (C=O) groups is 4. The molecule has 3 aliphatic heterocycles. The van der Waals surface area contributed by atoms with Crippen molar-refractivity contribution >= 4 is 29.3 Å². The molecule has 0 radical (unpaired) electrons. The van der Waals surface area contributed by atoms with Crippen LogP contribution in [0, 0.1) is 11.8 Å². The number of amides is 4. The van der Waals surface area contributed by atoms with Gasteiger partial charge in [-0.15, -0.1) is 0 Å². The molecule has 2 fully saturated rings. The van der Waals surface area contributed by atoms with Crippen LogP contribution in [0.4, 0.5) is 5.69 Å². The Balaban J connectivity index is 1.54. The van der Waals surface area contributed by atoms with Crippen molar-refractivity contribution in [1.82, 2.24) is 10.2 Å². The summed E-state index contributed by atoms with van der Waals surface area (Å²) in [5.74, 6) is -3.05. The molecule has 4 amide bonds. The third-order valence-corrected chi connectivity index (χ3v) is 7.48. The second-order valence-electron chi connectivity index (χ2n) is 9.28. The summed E-state index contributed by atoms with van der Waals surface area (Å²) in [7, 11) is 0. The van der Waals surface area contributed by atoms with Crippen molar-refractivity contribution in [1.29, 1.82) is 0 Å². The second-order valence-corrected chi connectivity index (χ2v) is 9.28. The molecular weight excluding hydrogens is 432 g/mol. The monoisotopic (exact) mass is 460 g/mol. The minimum atomic E-state index is -1.35. The van der Waals surface area contributed by atoms with E-state index < -0.39 is 29.3 Å². The van der Waals surface area contributed by atoms with Crippen LogP contribution in [0.1, 0.15) is 36.5 Å². The number of hydrogen-bond acceptors (Lipinski definition) is 5. The van der Waals surface area contributed by atoms with Crippen LogP contribution in [0.2, 0.25) is 0 Å². The van der Waals surface area contributed by atoms with Crippen LogP contribution in [0.5, 0.6) is 0 Å². The molecule has 4 N–H and O–H groups in total. The van der Waals surface area contributed by atoms with Crippen molar-refractivity contribution in [3.63, 3.8) is 0 Å². The molecule has 5 rings (SSSR count). The number of nitrogens with two attached hydrogens (primary N) is 1. The van der Waals surface area contributed by atoms with E-state index in [0.29, 0.717) is 17.7 Å². The Morgan fingerprint density at radius 2 is 1.82 bits per heavy atom. The first-order chi connectivity index (χ1) is 16.4. The zero-order valence-corrected chi connectivity index (χ0v) is 19.0. The Morgan fingerprint density at radius 3 is 2.53 bits per heavy atom. The van der Waals surface area contributed by atoms with Gasteiger partial charge in [0.15, 0.2) is 0 Å². The molecule has 8 heteroatoms. The van der Waals surface area contributed by atoms with Crippen LogP contribution in [-0.4, -0.2) is 41.1 Å². The van der Waals surface area contributed by atoms with E-state index in [1.165, 1.54) is 4.90 Å². The maximum atomic E-state index is 13.8. The lowest BCUT2D eigenvalue weighted by molar-refractivity contribution is -0.142. The molecule has 2 aromatic carbocycles. The van der Waals surface area contributed by atoms with E-state index in [1.54, 1.807) is 0 Å². The van der Waals surface area contributed by atoms with Crippen LogP contribution >= 0.6 is 0 Å². The van der Waals surface area contributed by atoms with Crippen molar-refractivity contribution in [3.8, 4) is 0 Å². The molecule has 0 saturated carbocycles. The molecule has 8 nitrogen and oxygen atoms in total. The predicted octanol–water partition coefficient (Wildman–Crippen LogP) is 1.48. The highest BCUT2D eigenvalue weighted by atomic mass is 16.2. The lowest BCUT2D eigenvalue weighted by Gasteiger charge is -2.29. The van der Waals surface area contributed by atoms with Crippen LogP contribution in [-0.2, 0) is 37.6 Å². The Kier molecular flexibility index (Phi) is 5.48. The van der Waals surface area contributed by atoms with E-state index in [2.05, 4.69) is 10.6 Å². The van der Waals surface area contributed by atoms with Gasteiger partial charge in [-0.05, 0) is 30.4 Å². The van der Waals surface area contributed by atoms with E-state index in [4.69, 9.17) is 5.73 Å². The Labute approximate surface area is 197 Å².